The van der Waals surface area contributed by atoms with Crippen molar-refractivity contribution in [2.24, 2.45) is 11.7 Å². The molecule has 4 heteroatoms. The molecule has 1 fully saturated rings. The molecule has 80 valence electrons. The standard InChI is InChI=1S/C11H15N3S/c1-14(7-8-2-3-8)9-4-5-13-10(6-9)11(12)15/h4-6,8H,2-3,7H2,1H3,(H2,12,15). The van der Waals surface area contributed by atoms with Crippen LogP contribution in [0.4, 0.5) is 5.69 Å². The van der Waals surface area contributed by atoms with E-state index in [2.05, 4.69) is 16.9 Å². The van der Waals surface area contributed by atoms with Crippen LogP contribution >= 0.6 is 12.2 Å². The van der Waals surface area contributed by atoms with Crippen molar-refractivity contribution < 1.29 is 0 Å². The van der Waals surface area contributed by atoms with Gasteiger partial charge in [-0.25, -0.2) is 0 Å². The second-order valence-corrected chi connectivity index (χ2v) is 4.53. The molecule has 0 saturated heterocycles. The van der Waals surface area contributed by atoms with Crippen molar-refractivity contribution in [3.8, 4) is 0 Å². The molecule has 0 aliphatic heterocycles. The van der Waals surface area contributed by atoms with Gasteiger partial charge in [-0.1, -0.05) is 12.2 Å². The molecule has 1 heterocycles. The summed E-state index contributed by atoms with van der Waals surface area (Å²) in [7, 11) is 2.09. The number of rotatable bonds is 4. The fourth-order valence-electron chi connectivity index (χ4n) is 1.58. The average Bonchev–Trinajstić information content (AvgIpc) is 3.02. The van der Waals surface area contributed by atoms with Gasteiger partial charge in [0.05, 0.1) is 5.69 Å². The Balaban J connectivity index is 2.11. The molecule has 0 bridgehead atoms. The molecule has 1 aromatic rings. The van der Waals surface area contributed by atoms with Crippen LogP contribution < -0.4 is 10.6 Å². The Bertz CT molecular complexity index is 374. The molecule has 0 unspecified atom stereocenters. The number of nitrogens with zero attached hydrogens (tertiary/aromatic N) is 2. The van der Waals surface area contributed by atoms with E-state index < -0.39 is 0 Å². The highest BCUT2D eigenvalue weighted by atomic mass is 32.1. The van der Waals surface area contributed by atoms with Gasteiger partial charge >= 0.3 is 0 Å². The molecule has 2 rings (SSSR count). The normalized spacial score (nSPS) is 15.0. The van der Waals surface area contributed by atoms with E-state index in [1.165, 1.54) is 12.8 Å². The Morgan fingerprint density at radius 1 is 1.67 bits per heavy atom. The smallest absolute Gasteiger partial charge is 0.122 e. The van der Waals surface area contributed by atoms with Crippen LogP contribution in [0.1, 0.15) is 18.5 Å². The average molecular weight is 221 g/mol. The Hall–Kier alpha value is -1.16. The van der Waals surface area contributed by atoms with E-state index in [1.54, 1.807) is 6.20 Å². The van der Waals surface area contributed by atoms with E-state index in [0.29, 0.717) is 10.7 Å². The fraction of sp³-hybridized carbons (Fsp3) is 0.455. The molecule has 15 heavy (non-hydrogen) atoms. The van der Waals surface area contributed by atoms with Crippen molar-refractivity contribution in [3.05, 3.63) is 24.0 Å². The lowest BCUT2D eigenvalue weighted by molar-refractivity contribution is 0.786. The van der Waals surface area contributed by atoms with Crippen LogP contribution in [0.25, 0.3) is 0 Å². The molecule has 1 saturated carbocycles. The first-order valence-corrected chi connectivity index (χ1v) is 5.54. The van der Waals surface area contributed by atoms with Crippen molar-refractivity contribution in [1.29, 1.82) is 0 Å². The minimum absolute atomic E-state index is 0.358. The monoisotopic (exact) mass is 221 g/mol. The lowest BCUT2D eigenvalue weighted by atomic mass is 10.2. The Labute approximate surface area is 95.3 Å². The topological polar surface area (TPSA) is 42.2 Å². The number of thiocarbonyl (C=S) groups is 1. The van der Waals surface area contributed by atoms with Crippen LogP contribution in [0.3, 0.4) is 0 Å². The summed E-state index contributed by atoms with van der Waals surface area (Å²) in [5.41, 5.74) is 7.38. The zero-order valence-electron chi connectivity index (χ0n) is 8.81. The minimum atomic E-state index is 0.358. The van der Waals surface area contributed by atoms with Gasteiger partial charge in [0.2, 0.25) is 0 Å². The van der Waals surface area contributed by atoms with Gasteiger partial charge in [0.1, 0.15) is 4.99 Å². The maximum atomic E-state index is 5.55. The van der Waals surface area contributed by atoms with Gasteiger partial charge in [0.25, 0.3) is 0 Å². The molecule has 1 aliphatic carbocycles. The first kappa shape index (κ1) is 10.4. The van der Waals surface area contributed by atoms with Crippen molar-refractivity contribution >= 4 is 22.9 Å². The van der Waals surface area contributed by atoms with Crippen molar-refractivity contribution in [3.63, 3.8) is 0 Å². The largest absolute Gasteiger partial charge is 0.388 e. The number of pyridine rings is 1. The number of anilines is 1. The summed E-state index contributed by atoms with van der Waals surface area (Å²) in [5.74, 6) is 0.872. The van der Waals surface area contributed by atoms with Crippen LogP contribution in [0.5, 0.6) is 0 Å². The van der Waals surface area contributed by atoms with E-state index in [9.17, 15) is 0 Å². The van der Waals surface area contributed by atoms with Crippen LogP contribution in [0.15, 0.2) is 18.3 Å². The molecular formula is C11H15N3S. The molecule has 0 radical (unpaired) electrons. The Kier molecular flexibility index (Phi) is 2.86. The van der Waals surface area contributed by atoms with E-state index in [0.717, 1.165) is 18.2 Å². The van der Waals surface area contributed by atoms with Crippen LogP contribution in [0.2, 0.25) is 0 Å². The number of aromatic nitrogens is 1. The predicted octanol–water partition coefficient (Wildman–Crippen LogP) is 1.56. The zero-order chi connectivity index (χ0) is 10.8. The summed E-state index contributed by atoms with van der Waals surface area (Å²) in [6.45, 7) is 1.11. The van der Waals surface area contributed by atoms with Gasteiger partial charge in [-0.3, -0.25) is 4.98 Å². The lowest BCUT2D eigenvalue weighted by Gasteiger charge is -2.19. The van der Waals surface area contributed by atoms with Gasteiger partial charge in [0.15, 0.2) is 0 Å². The van der Waals surface area contributed by atoms with Crippen LogP contribution in [-0.4, -0.2) is 23.6 Å². The molecule has 0 atom stereocenters. The third-order valence-corrected chi connectivity index (χ3v) is 2.87. The molecule has 1 aromatic heterocycles. The van der Waals surface area contributed by atoms with Gasteiger partial charge in [-0.2, -0.15) is 0 Å². The van der Waals surface area contributed by atoms with E-state index in [-0.39, 0.29) is 0 Å². The van der Waals surface area contributed by atoms with Gasteiger partial charge < -0.3 is 10.6 Å². The first-order chi connectivity index (χ1) is 7.16. The fourth-order valence-corrected chi connectivity index (χ4v) is 1.70. The number of nitrogens with two attached hydrogens (primary N) is 1. The lowest BCUT2D eigenvalue weighted by Crippen LogP contribution is -2.21. The Morgan fingerprint density at radius 3 is 3.00 bits per heavy atom. The maximum Gasteiger partial charge on any atom is 0.122 e. The van der Waals surface area contributed by atoms with E-state index >= 15 is 0 Å². The number of hydrogen-bond acceptors (Lipinski definition) is 3. The summed E-state index contributed by atoms with van der Waals surface area (Å²) in [6, 6.07) is 3.94. The minimum Gasteiger partial charge on any atom is -0.388 e. The zero-order valence-corrected chi connectivity index (χ0v) is 9.63. The van der Waals surface area contributed by atoms with E-state index in [1.807, 2.05) is 12.1 Å². The van der Waals surface area contributed by atoms with Gasteiger partial charge in [-0.05, 0) is 30.9 Å². The van der Waals surface area contributed by atoms with Crippen molar-refractivity contribution in [1.82, 2.24) is 4.98 Å². The molecule has 0 amide bonds. The second-order valence-electron chi connectivity index (χ2n) is 4.09. The molecule has 1 aliphatic rings. The summed E-state index contributed by atoms with van der Waals surface area (Å²) in [4.78, 5) is 6.72. The number of hydrogen-bond donors (Lipinski definition) is 1. The SMILES string of the molecule is CN(CC1CC1)c1ccnc(C(N)=S)c1. The second kappa shape index (κ2) is 4.14. The highest BCUT2D eigenvalue weighted by molar-refractivity contribution is 7.80. The van der Waals surface area contributed by atoms with Crippen LogP contribution in [0, 0.1) is 5.92 Å². The highest BCUT2D eigenvalue weighted by Gasteiger charge is 2.23. The van der Waals surface area contributed by atoms with Crippen molar-refractivity contribution in [2.75, 3.05) is 18.5 Å². The molecule has 0 spiro atoms. The third kappa shape index (κ3) is 2.65. The summed E-state index contributed by atoms with van der Waals surface area (Å²) >= 11 is 4.91. The third-order valence-electron chi connectivity index (χ3n) is 2.67. The van der Waals surface area contributed by atoms with Gasteiger partial charge in [0, 0.05) is 25.5 Å². The van der Waals surface area contributed by atoms with E-state index in [4.69, 9.17) is 18.0 Å². The molecule has 3 nitrogen and oxygen atoms in total. The Morgan fingerprint density at radius 2 is 2.40 bits per heavy atom. The van der Waals surface area contributed by atoms with Gasteiger partial charge in [-0.15, -0.1) is 0 Å². The summed E-state index contributed by atoms with van der Waals surface area (Å²) < 4.78 is 0. The highest BCUT2D eigenvalue weighted by Crippen LogP contribution is 2.30. The molecular weight excluding hydrogens is 206 g/mol. The van der Waals surface area contributed by atoms with Crippen LogP contribution in [-0.2, 0) is 0 Å². The van der Waals surface area contributed by atoms with Crippen molar-refractivity contribution in [2.45, 2.75) is 12.8 Å². The maximum absolute atomic E-state index is 5.55. The first-order valence-electron chi connectivity index (χ1n) is 5.14. The summed E-state index contributed by atoms with van der Waals surface area (Å²) in [6.07, 6.45) is 4.47. The quantitative estimate of drug-likeness (QED) is 0.784. The molecule has 0 aromatic carbocycles. The predicted molar refractivity (Wildman–Crippen MR) is 66.1 cm³/mol. The summed E-state index contributed by atoms with van der Waals surface area (Å²) in [5, 5.41) is 0. The molecule has 2 N–H and O–H groups in total.